The van der Waals surface area contributed by atoms with E-state index in [1.54, 1.807) is 6.07 Å². The summed E-state index contributed by atoms with van der Waals surface area (Å²) in [6.45, 7) is 0. The largest absolute Gasteiger partial charge is 0.506 e. The van der Waals surface area contributed by atoms with Crippen LogP contribution in [-0.4, -0.2) is 16.7 Å². The van der Waals surface area contributed by atoms with Gasteiger partial charge in [0.2, 0.25) is 0 Å². The minimum Gasteiger partial charge on any atom is -0.506 e. The van der Waals surface area contributed by atoms with E-state index in [0.717, 1.165) is 0 Å². The summed E-state index contributed by atoms with van der Waals surface area (Å²) >= 11 is 0. The Balaban J connectivity index is 2.36. The first kappa shape index (κ1) is 11.3. The molecule has 5 heteroatoms. The van der Waals surface area contributed by atoms with E-state index in [1.807, 2.05) is 0 Å². The summed E-state index contributed by atoms with van der Waals surface area (Å²) in [5.74, 6) is -0.902. The second kappa shape index (κ2) is 3.58. The average molecular weight is 254 g/mol. The lowest BCUT2D eigenvalue weighted by Crippen LogP contribution is -2.22. The number of benzene rings is 2. The van der Waals surface area contributed by atoms with Gasteiger partial charge >= 0.3 is 0 Å². The molecule has 0 unspecified atom stereocenters. The van der Waals surface area contributed by atoms with Gasteiger partial charge in [0.25, 0.3) is 0 Å². The van der Waals surface area contributed by atoms with Crippen molar-refractivity contribution in [2.45, 2.75) is 0 Å². The first-order chi connectivity index (χ1) is 9.00. The molecular weight excluding hydrogens is 244 g/mol. The van der Waals surface area contributed by atoms with Crippen LogP contribution in [0.25, 0.3) is 0 Å². The number of hydrogen-bond donors (Lipinski definition) is 3. The van der Waals surface area contributed by atoms with Crippen molar-refractivity contribution >= 4 is 22.9 Å². The molecule has 3 rings (SSSR count). The number of nitrogen functional groups attached to an aromatic ring is 2. The monoisotopic (exact) mass is 254 g/mol. The quantitative estimate of drug-likeness (QED) is 0.414. The van der Waals surface area contributed by atoms with Crippen molar-refractivity contribution in [2.75, 3.05) is 11.5 Å². The Morgan fingerprint density at radius 3 is 2.26 bits per heavy atom. The van der Waals surface area contributed by atoms with E-state index in [2.05, 4.69) is 0 Å². The van der Waals surface area contributed by atoms with Gasteiger partial charge in [0.1, 0.15) is 5.75 Å². The predicted octanol–water partition coefficient (Wildman–Crippen LogP) is 1.33. The molecular formula is C14H10N2O3. The number of nitrogens with two attached hydrogens (primary N) is 2. The Kier molecular flexibility index (Phi) is 2.13. The maximum atomic E-state index is 12.4. The van der Waals surface area contributed by atoms with Gasteiger partial charge in [-0.1, -0.05) is 0 Å². The van der Waals surface area contributed by atoms with Crippen molar-refractivity contribution in [3.05, 3.63) is 52.6 Å². The number of aromatic hydroxyl groups is 1. The summed E-state index contributed by atoms with van der Waals surface area (Å²) in [5, 5.41) is 9.56. The van der Waals surface area contributed by atoms with E-state index in [-0.39, 0.29) is 45.3 Å². The topological polar surface area (TPSA) is 106 Å². The predicted molar refractivity (Wildman–Crippen MR) is 70.2 cm³/mol. The second-order valence-corrected chi connectivity index (χ2v) is 4.38. The molecule has 0 heterocycles. The molecule has 0 saturated carbocycles. The third-order valence-corrected chi connectivity index (χ3v) is 3.23. The number of rotatable bonds is 0. The van der Waals surface area contributed by atoms with Crippen LogP contribution in [-0.2, 0) is 0 Å². The van der Waals surface area contributed by atoms with Crippen molar-refractivity contribution in [1.29, 1.82) is 0 Å². The summed E-state index contributed by atoms with van der Waals surface area (Å²) in [7, 11) is 0. The van der Waals surface area contributed by atoms with Crippen LogP contribution in [0.4, 0.5) is 11.4 Å². The van der Waals surface area contributed by atoms with Gasteiger partial charge < -0.3 is 16.6 Å². The summed E-state index contributed by atoms with van der Waals surface area (Å²) in [4.78, 5) is 24.7. The fourth-order valence-electron chi connectivity index (χ4n) is 2.27. The van der Waals surface area contributed by atoms with E-state index >= 15 is 0 Å². The lowest BCUT2D eigenvalue weighted by molar-refractivity contribution is 0.0979. The molecule has 2 aromatic rings. The standard InChI is InChI=1S/C14H10N2O3/c15-6-1-2-7-9(5-6)13(18)8-3-4-10(17)12(16)11(8)14(7)19/h1-5,17H,15-16H2. The third kappa shape index (κ3) is 1.41. The fourth-order valence-corrected chi connectivity index (χ4v) is 2.27. The highest BCUT2D eigenvalue weighted by molar-refractivity contribution is 6.30. The first-order valence-corrected chi connectivity index (χ1v) is 5.61. The van der Waals surface area contributed by atoms with Crippen LogP contribution in [0.3, 0.4) is 0 Å². The smallest absolute Gasteiger partial charge is 0.196 e. The fraction of sp³-hybridized carbons (Fsp3) is 0. The highest BCUT2D eigenvalue weighted by atomic mass is 16.3. The van der Waals surface area contributed by atoms with Crippen LogP contribution in [0.2, 0.25) is 0 Å². The Morgan fingerprint density at radius 1 is 0.842 bits per heavy atom. The minimum atomic E-state index is -0.377. The van der Waals surface area contributed by atoms with Gasteiger partial charge in [0.05, 0.1) is 11.3 Å². The molecule has 0 fully saturated rings. The van der Waals surface area contributed by atoms with Gasteiger partial charge in [0.15, 0.2) is 11.6 Å². The highest BCUT2D eigenvalue weighted by Gasteiger charge is 2.32. The molecule has 0 amide bonds. The second-order valence-electron chi connectivity index (χ2n) is 4.38. The maximum Gasteiger partial charge on any atom is 0.196 e. The summed E-state index contributed by atoms with van der Waals surface area (Å²) in [6.07, 6.45) is 0. The molecule has 0 aromatic heterocycles. The zero-order chi connectivity index (χ0) is 13.7. The van der Waals surface area contributed by atoms with E-state index in [0.29, 0.717) is 5.69 Å². The first-order valence-electron chi connectivity index (χ1n) is 5.61. The number of phenolic OH excluding ortho intramolecular Hbond substituents is 1. The molecule has 5 nitrogen and oxygen atoms in total. The number of ketones is 2. The van der Waals surface area contributed by atoms with Crippen molar-refractivity contribution in [3.8, 4) is 5.75 Å². The van der Waals surface area contributed by atoms with Gasteiger partial charge in [-0.05, 0) is 30.3 Å². The van der Waals surface area contributed by atoms with E-state index in [4.69, 9.17) is 11.5 Å². The molecule has 0 atom stereocenters. The number of carbonyl (C=O) groups is 2. The van der Waals surface area contributed by atoms with E-state index < -0.39 is 0 Å². The van der Waals surface area contributed by atoms with Crippen LogP contribution >= 0.6 is 0 Å². The zero-order valence-electron chi connectivity index (χ0n) is 9.81. The van der Waals surface area contributed by atoms with Gasteiger partial charge in [-0.3, -0.25) is 9.59 Å². The molecule has 1 aliphatic carbocycles. The van der Waals surface area contributed by atoms with Crippen molar-refractivity contribution < 1.29 is 14.7 Å². The molecule has 5 N–H and O–H groups in total. The van der Waals surface area contributed by atoms with Crippen LogP contribution in [0.1, 0.15) is 31.8 Å². The lowest BCUT2D eigenvalue weighted by atomic mass is 9.83. The Morgan fingerprint density at radius 2 is 1.53 bits per heavy atom. The summed E-state index contributed by atoms with van der Waals surface area (Å²) < 4.78 is 0. The molecule has 0 saturated heterocycles. The minimum absolute atomic E-state index is 0.0577. The Bertz CT molecular complexity index is 751. The molecule has 2 aromatic carbocycles. The van der Waals surface area contributed by atoms with E-state index in [1.165, 1.54) is 24.3 Å². The van der Waals surface area contributed by atoms with Crippen molar-refractivity contribution in [1.82, 2.24) is 0 Å². The van der Waals surface area contributed by atoms with E-state index in [9.17, 15) is 14.7 Å². The Labute approximate surface area is 108 Å². The summed E-state index contributed by atoms with van der Waals surface area (Å²) in [6, 6.07) is 7.22. The molecule has 0 bridgehead atoms. The molecule has 19 heavy (non-hydrogen) atoms. The summed E-state index contributed by atoms with van der Waals surface area (Å²) in [5.41, 5.74) is 12.4. The molecule has 94 valence electrons. The third-order valence-electron chi connectivity index (χ3n) is 3.23. The zero-order valence-corrected chi connectivity index (χ0v) is 9.81. The van der Waals surface area contributed by atoms with Gasteiger partial charge in [0, 0.05) is 22.4 Å². The normalized spacial score (nSPS) is 13.1. The number of phenols is 1. The number of hydrogen-bond acceptors (Lipinski definition) is 5. The van der Waals surface area contributed by atoms with Crippen LogP contribution < -0.4 is 11.5 Å². The van der Waals surface area contributed by atoms with Crippen LogP contribution in [0, 0.1) is 0 Å². The molecule has 0 spiro atoms. The highest BCUT2D eigenvalue weighted by Crippen LogP contribution is 2.35. The van der Waals surface area contributed by atoms with Gasteiger partial charge in [-0.15, -0.1) is 0 Å². The van der Waals surface area contributed by atoms with Crippen LogP contribution in [0.5, 0.6) is 5.75 Å². The lowest BCUT2D eigenvalue weighted by Gasteiger charge is -2.19. The number of carbonyl (C=O) groups excluding carboxylic acids is 2. The number of anilines is 2. The molecule has 0 radical (unpaired) electrons. The van der Waals surface area contributed by atoms with Gasteiger partial charge in [-0.25, -0.2) is 0 Å². The maximum absolute atomic E-state index is 12.4. The Hall–Kier alpha value is -2.82. The van der Waals surface area contributed by atoms with Crippen LogP contribution in [0.15, 0.2) is 30.3 Å². The molecule has 0 aliphatic heterocycles. The number of fused-ring (bicyclic) bond motifs is 2. The molecule has 1 aliphatic rings. The average Bonchev–Trinajstić information content (AvgIpc) is 2.39. The van der Waals surface area contributed by atoms with Gasteiger partial charge in [-0.2, -0.15) is 0 Å². The van der Waals surface area contributed by atoms with Crippen molar-refractivity contribution in [2.24, 2.45) is 0 Å². The SMILES string of the molecule is Nc1ccc2c(c1)C(=O)c1ccc(O)c(N)c1C2=O. The van der Waals surface area contributed by atoms with Crippen molar-refractivity contribution in [3.63, 3.8) is 0 Å².